The molecule has 0 atom stereocenters. The Bertz CT molecular complexity index is 981. The Morgan fingerprint density at radius 1 is 0.967 bits per heavy atom. The minimum atomic E-state index is -0.101. The van der Waals surface area contributed by atoms with E-state index in [0.29, 0.717) is 55.7 Å². The Labute approximate surface area is 174 Å². The predicted octanol–water partition coefficient (Wildman–Crippen LogP) is 2.05. The summed E-state index contributed by atoms with van der Waals surface area (Å²) in [7, 11) is 0. The van der Waals surface area contributed by atoms with Crippen LogP contribution in [0.3, 0.4) is 0 Å². The van der Waals surface area contributed by atoms with Gasteiger partial charge in [0.05, 0.1) is 38.1 Å². The fourth-order valence-corrected chi connectivity index (χ4v) is 3.45. The summed E-state index contributed by atoms with van der Waals surface area (Å²) in [6, 6.07) is 20.2. The van der Waals surface area contributed by atoms with E-state index in [1.807, 2.05) is 54.6 Å². The number of para-hydroxylation sites is 3. The zero-order valence-corrected chi connectivity index (χ0v) is 16.5. The third-order valence-corrected chi connectivity index (χ3v) is 5.03. The maximum absolute atomic E-state index is 12.6. The van der Waals surface area contributed by atoms with Gasteiger partial charge in [-0.05, 0) is 36.4 Å². The van der Waals surface area contributed by atoms with Crippen LogP contribution in [-0.4, -0.2) is 49.4 Å². The average Bonchev–Trinajstić information content (AvgIpc) is 3.31. The van der Waals surface area contributed by atoms with E-state index in [-0.39, 0.29) is 11.8 Å². The molecule has 2 heterocycles. The van der Waals surface area contributed by atoms with Crippen LogP contribution in [-0.2, 0) is 4.79 Å². The summed E-state index contributed by atoms with van der Waals surface area (Å²) in [6.45, 7) is 2.94. The van der Waals surface area contributed by atoms with Gasteiger partial charge < -0.3 is 24.3 Å². The predicted molar refractivity (Wildman–Crippen MR) is 112 cm³/mol. The second kappa shape index (κ2) is 9.28. The molecule has 2 amide bonds. The van der Waals surface area contributed by atoms with E-state index in [9.17, 15) is 9.59 Å². The zero-order valence-electron chi connectivity index (χ0n) is 16.5. The van der Waals surface area contributed by atoms with Crippen LogP contribution in [0.25, 0.3) is 0 Å². The first-order valence-electron chi connectivity index (χ1n) is 9.97. The number of quaternary nitrogens is 1. The van der Waals surface area contributed by atoms with Crippen LogP contribution in [0.15, 0.2) is 77.4 Å². The number of nitrogens with one attached hydrogen (secondary N) is 2. The Morgan fingerprint density at radius 2 is 1.70 bits per heavy atom. The first kappa shape index (κ1) is 19.7. The number of hydrogen-bond acceptors (Lipinski definition) is 4. The molecule has 1 aliphatic heterocycles. The molecule has 4 rings (SSSR count). The van der Waals surface area contributed by atoms with E-state index in [2.05, 4.69) is 5.32 Å². The maximum Gasteiger partial charge on any atom is 0.289 e. The van der Waals surface area contributed by atoms with Gasteiger partial charge in [0.15, 0.2) is 18.1 Å². The Hall–Kier alpha value is -3.58. The topological polar surface area (TPSA) is 76.2 Å². The van der Waals surface area contributed by atoms with Gasteiger partial charge in [-0.15, -0.1) is 0 Å². The van der Waals surface area contributed by atoms with Gasteiger partial charge in [0.1, 0.15) is 5.75 Å². The van der Waals surface area contributed by atoms with Crippen molar-refractivity contribution in [2.45, 2.75) is 0 Å². The molecular formula is C23H24N3O4+. The molecule has 1 aromatic heterocycles. The molecule has 3 aromatic rings. The summed E-state index contributed by atoms with van der Waals surface area (Å²) >= 11 is 0. The minimum absolute atomic E-state index is 0.0834. The van der Waals surface area contributed by atoms with E-state index >= 15 is 0 Å². The summed E-state index contributed by atoms with van der Waals surface area (Å²) in [5.74, 6) is 1.48. The van der Waals surface area contributed by atoms with Crippen molar-refractivity contribution in [2.75, 3.05) is 38.0 Å². The van der Waals surface area contributed by atoms with E-state index < -0.39 is 0 Å². The van der Waals surface area contributed by atoms with Crippen molar-refractivity contribution < 1.29 is 23.6 Å². The average molecular weight is 406 g/mol. The Balaban J connectivity index is 1.30. The van der Waals surface area contributed by atoms with Crippen molar-refractivity contribution in [1.29, 1.82) is 0 Å². The van der Waals surface area contributed by atoms with E-state index in [1.54, 1.807) is 17.0 Å². The quantitative estimate of drug-likeness (QED) is 0.657. The lowest BCUT2D eigenvalue weighted by Gasteiger charge is -2.31. The first-order valence-corrected chi connectivity index (χ1v) is 9.97. The molecule has 154 valence electrons. The number of ether oxygens (including phenoxy) is 1. The molecule has 1 aliphatic rings. The van der Waals surface area contributed by atoms with Gasteiger partial charge in [-0.1, -0.05) is 30.3 Å². The van der Waals surface area contributed by atoms with Gasteiger partial charge in [-0.3, -0.25) is 9.59 Å². The molecule has 7 heteroatoms. The van der Waals surface area contributed by atoms with Gasteiger partial charge in [0, 0.05) is 0 Å². The Morgan fingerprint density at radius 3 is 2.43 bits per heavy atom. The number of carbonyl (C=O) groups is 2. The summed E-state index contributed by atoms with van der Waals surface area (Å²) in [5, 5.41) is 2.95. The molecule has 2 aromatic carbocycles. The molecule has 0 unspecified atom stereocenters. The number of rotatable bonds is 6. The fraction of sp³-hybridized carbons (Fsp3) is 0.217. The molecule has 1 saturated heterocycles. The van der Waals surface area contributed by atoms with Crippen molar-refractivity contribution >= 4 is 17.5 Å². The summed E-state index contributed by atoms with van der Waals surface area (Å²) < 4.78 is 11.1. The lowest BCUT2D eigenvalue weighted by atomic mass is 10.2. The smallest absolute Gasteiger partial charge is 0.289 e. The van der Waals surface area contributed by atoms with Gasteiger partial charge >= 0.3 is 0 Å². The molecule has 2 N–H and O–H groups in total. The third kappa shape index (κ3) is 4.87. The van der Waals surface area contributed by atoms with E-state index in [4.69, 9.17) is 9.15 Å². The van der Waals surface area contributed by atoms with Gasteiger partial charge in [0.2, 0.25) is 0 Å². The van der Waals surface area contributed by atoms with Crippen molar-refractivity contribution in [1.82, 2.24) is 4.90 Å². The monoisotopic (exact) mass is 406 g/mol. The number of hydrogen-bond donors (Lipinski definition) is 2. The number of furan rings is 1. The third-order valence-electron chi connectivity index (χ3n) is 5.03. The standard InChI is InChI=1S/C23H23N3O4/c27-22(17-25-12-14-26(15-13-25)23(28)21-11-6-16-29-21)24-19-9-4-5-10-20(19)30-18-7-2-1-3-8-18/h1-11,16H,12-15,17H2,(H,24,27)/p+1. The van der Waals surface area contributed by atoms with Crippen molar-refractivity contribution in [3.05, 3.63) is 78.8 Å². The fourth-order valence-electron chi connectivity index (χ4n) is 3.45. The summed E-state index contributed by atoms with van der Waals surface area (Å²) in [6.07, 6.45) is 1.50. The maximum atomic E-state index is 12.6. The highest BCUT2D eigenvalue weighted by Gasteiger charge is 2.27. The van der Waals surface area contributed by atoms with Crippen LogP contribution >= 0.6 is 0 Å². The molecule has 0 aliphatic carbocycles. The molecular weight excluding hydrogens is 382 g/mol. The SMILES string of the molecule is O=C(C[NH+]1CCN(C(=O)c2ccco2)CC1)Nc1ccccc1Oc1ccccc1. The van der Waals surface area contributed by atoms with Crippen molar-refractivity contribution in [2.24, 2.45) is 0 Å². The lowest BCUT2D eigenvalue weighted by molar-refractivity contribution is -0.895. The number of piperazine rings is 1. The zero-order chi connectivity index (χ0) is 20.8. The highest BCUT2D eigenvalue weighted by atomic mass is 16.5. The van der Waals surface area contributed by atoms with E-state index in [0.717, 1.165) is 4.90 Å². The van der Waals surface area contributed by atoms with Crippen molar-refractivity contribution in [3.8, 4) is 11.5 Å². The van der Waals surface area contributed by atoms with Crippen LogP contribution < -0.4 is 15.0 Å². The van der Waals surface area contributed by atoms with Crippen LogP contribution in [0.1, 0.15) is 10.6 Å². The first-order chi connectivity index (χ1) is 14.7. The molecule has 7 nitrogen and oxygen atoms in total. The van der Waals surface area contributed by atoms with Crippen LogP contribution in [0.4, 0.5) is 5.69 Å². The molecule has 30 heavy (non-hydrogen) atoms. The summed E-state index contributed by atoms with van der Waals surface area (Å²) in [4.78, 5) is 27.9. The normalized spacial score (nSPS) is 14.3. The van der Waals surface area contributed by atoms with Crippen LogP contribution in [0, 0.1) is 0 Å². The Kier molecular flexibility index (Phi) is 6.10. The van der Waals surface area contributed by atoms with Crippen molar-refractivity contribution in [3.63, 3.8) is 0 Å². The molecule has 0 saturated carbocycles. The van der Waals surface area contributed by atoms with Gasteiger partial charge in [0.25, 0.3) is 11.8 Å². The highest BCUT2D eigenvalue weighted by molar-refractivity contribution is 5.93. The second-order valence-corrected chi connectivity index (χ2v) is 7.16. The number of nitrogens with zero attached hydrogens (tertiary/aromatic N) is 1. The van der Waals surface area contributed by atoms with Crippen LogP contribution in [0.5, 0.6) is 11.5 Å². The highest BCUT2D eigenvalue weighted by Crippen LogP contribution is 2.28. The number of benzene rings is 2. The summed E-state index contributed by atoms with van der Waals surface area (Å²) in [5.41, 5.74) is 0.636. The minimum Gasteiger partial charge on any atom is -0.459 e. The molecule has 0 bridgehead atoms. The number of carbonyl (C=O) groups excluding carboxylic acids is 2. The molecule has 1 fully saturated rings. The van der Waals surface area contributed by atoms with Gasteiger partial charge in [-0.2, -0.15) is 0 Å². The molecule has 0 radical (unpaired) electrons. The molecule has 0 spiro atoms. The lowest BCUT2D eigenvalue weighted by Crippen LogP contribution is -3.15. The number of anilines is 1. The number of amides is 2. The largest absolute Gasteiger partial charge is 0.459 e. The second-order valence-electron chi connectivity index (χ2n) is 7.16. The van der Waals surface area contributed by atoms with Crippen LogP contribution in [0.2, 0.25) is 0 Å². The van der Waals surface area contributed by atoms with Gasteiger partial charge in [-0.25, -0.2) is 0 Å². The van der Waals surface area contributed by atoms with E-state index in [1.165, 1.54) is 6.26 Å².